The molecule has 4 aromatic rings. The third kappa shape index (κ3) is 13.0. The smallest absolute Gasteiger partial charge is 0.255 e. The number of hydrogen-bond donors (Lipinski definition) is 0. The van der Waals surface area contributed by atoms with Crippen LogP contribution in [-0.2, 0) is 22.7 Å². The fourth-order valence-corrected chi connectivity index (χ4v) is 5.62. The van der Waals surface area contributed by atoms with Crippen LogP contribution in [0, 0.1) is 0 Å². The van der Waals surface area contributed by atoms with Crippen LogP contribution in [0.15, 0.2) is 79.7 Å². The molecule has 0 aliphatic carbocycles. The Morgan fingerprint density at radius 3 is 1.66 bits per heavy atom. The van der Waals surface area contributed by atoms with Crippen LogP contribution in [-0.4, -0.2) is 86.6 Å². The Bertz CT molecular complexity index is 1570. The molecule has 6 rings (SSSR count). The van der Waals surface area contributed by atoms with Gasteiger partial charge in [0, 0.05) is 26.9 Å². The minimum Gasteiger partial charge on any atom is -0.497 e. The molecule has 0 spiro atoms. The van der Waals surface area contributed by atoms with Gasteiger partial charge in [-0.15, -0.1) is 23.5 Å². The highest BCUT2D eigenvalue weighted by Crippen LogP contribution is 2.21. The van der Waals surface area contributed by atoms with Gasteiger partial charge in [0.25, 0.3) is 11.8 Å². The molecule has 0 saturated carbocycles. The van der Waals surface area contributed by atoms with Gasteiger partial charge in [-0.05, 0) is 83.9 Å². The fraction of sp³-hybridized carbons (Fsp3) is 0.444. The zero-order valence-electron chi connectivity index (χ0n) is 29.3. The van der Waals surface area contributed by atoms with Crippen LogP contribution < -0.4 is 18.9 Å². The number of thioether (sulfide) groups is 2. The van der Waals surface area contributed by atoms with Crippen molar-refractivity contribution < 1.29 is 37.5 Å². The van der Waals surface area contributed by atoms with Crippen LogP contribution in [0.25, 0.3) is 0 Å². The molecule has 1 unspecified atom stereocenters. The number of methoxy groups -OCH3 is 2. The van der Waals surface area contributed by atoms with E-state index >= 15 is 0 Å². The van der Waals surface area contributed by atoms with Gasteiger partial charge in [-0.25, -0.2) is 0 Å². The van der Waals surface area contributed by atoms with Crippen LogP contribution >= 0.6 is 23.5 Å². The highest BCUT2D eigenvalue weighted by molar-refractivity contribution is 8.14. The predicted octanol–water partition coefficient (Wildman–Crippen LogP) is 7.35. The van der Waals surface area contributed by atoms with Crippen LogP contribution in [0.4, 0.5) is 0 Å². The van der Waals surface area contributed by atoms with E-state index in [1.165, 1.54) is 36.4 Å². The van der Waals surface area contributed by atoms with Crippen molar-refractivity contribution >= 4 is 33.6 Å². The van der Waals surface area contributed by atoms with Gasteiger partial charge < -0.3 is 37.5 Å². The van der Waals surface area contributed by atoms with Gasteiger partial charge in [0.05, 0.1) is 39.0 Å². The Hall–Kier alpha value is -3.98. The van der Waals surface area contributed by atoms with Crippen molar-refractivity contribution in [3.8, 4) is 23.3 Å². The van der Waals surface area contributed by atoms with Crippen LogP contribution in [0.5, 0.6) is 23.3 Å². The molecule has 1 atom stereocenters. The minimum absolute atomic E-state index is 0.218. The van der Waals surface area contributed by atoms with Gasteiger partial charge in [-0.1, -0.05) is 24.3 Å². The molecule has 2 aliphatic rings. The average Bonchev–Trinajstić information content (AvgIpc) is 4.02. The van der Waals surface area contributed by atoms with Gasteiger partial charge in [-0.2, -0.15) is 0 Å². The zero-order chi connectivity index (χ0) is 35.4. The van der Waals surface area contributed by atoms with Gasteiger partial charge in [0.15, 0.2) is 11.5 Å². The van der Waals surface area contributed by atoms with Gasteiger partial charge >= 0.3 is 0 Å². The Morgan fingerprint density at radius 2 is 1.26 bits per heavy atom. The molecule has 2 fully saturated rings. The van der Waals surface area contributed by atoms with E-state index in [-0.39, 0.29) is 6.10 Å². The van der Waals surface area contributed by atoms with Gasteiger partial charge in [0.1, 0.15) is 34.8 Å². The van der Waals surface area contributed by atoms with E-state index in [0.717, 1.165) is 65.4 Å². The molecule has 2 saturated heterocycles. The van der Waals surface area contributed by atoms with Crippen molar-refractivity contribution in [2.75, 3.05) is 60.1 Å². The number of rotatable bonds is 12. The summed E-state index contributed by atoms with van der Waals surface area (Å²) in [7, 11) is 5.00. The summed E-state index contributed by atoms with van der Waals surface area (Å²) >= 11 is 3.03. The Labute approximate surface area is 302 Å². The van der Waals surface area contributed by atoms with Crippen molar-refractivity contribution in [1.82, 2.24) is 10.3 Å². The summed E-state index contributed by atoms with van der Waals surface area (Å²) in [6, 6.07) is 18.9. The third-order valence-electron chi connectivity index (χ3n) is 7.37. The van der Waals surface area contributed by atoms with Crippen molar-refractivity contribution in [3.05, 3.63) is 83.3 Å². The van der Waals surface area contributed by atoms with Crippen molar-refractivity contribution in [3.63, 3.8) is 0 Å². The summed E-state index contributed by atoms with van der Waals surface area (Å²) in [5.41, 5.74) is 2.06. The second-order valence-electron chi connectivity index (χ2n) is 10.9. The molecule has 270 valence electrons. The van der Waals surface area contributed by atoms with Crippen LogP contribution in [0.3, 0.4) is 0 Å². The lowest BCUT2D eigenvalue weighted by atomic mass is 10.2. The Balaban J connectivity index is 0.000000200. The normalized spacial score (nSPS) is 15.8. The molecule has 4 heterocycles. The average molecular weight is 727 g/mol. The number of aromatic nitrogens is 2. The van der Waals surface area contributed by atoms with Gasteiger partial charge in [0.2, 0.25) is 0 Å². The molecule has 50 heavy (non-hydrogen) atoms. The van der Waals surface area contributed by atoms with E-state index < -0.39 is 0 Å². The summed E-state index contributed by atoms with van der Waals surface area (Å²) in [4.78, 5) is 8.70. The fourth-order valence-electron chi connectivity index (χ4n) is 4.64. The highest BCUT2D eigenvalue weighted by atomic mass is 32.2. The molecule has 0 radical (unpaired) electrons. The molecule has 2 aromatic carbocycles. The largest absolute Gasteiger partial charge is 0.497 e. The van der Waals surface area contributed by atoms with Crippen molar-refractivity contribution in [2.45, 2.75) is 45.0 Å². The minimum atomic E-state index is 0.218. The molecular weight excluding hydrogens is 681 g/mol. The number of nitrogens with zero attached hydrogens (tertiary/aromatic N) is 4. The third-order valence-corrected chi connectivity index (χ3v) is 8.86. The van der Waals surface area contributed by atoms with E-state index in [4.69, 9.17) is 37.5 Å². The molecule has 12 nitrogen and oxygen atoms in total. The predicted molar refractivity (Wildman–Crippen MR) is 198 cm³/mol. The Morgan fingerprint density at radius 1 is 0.740 bits per heavy atom. The SMILES string of the molecule is C1CCOC1.CN=C(SC)c1cc(OCc2ccc(OC)cc2)no1.COc1ccc(COc2cc(C(=NCC3CCCO3)SC)on2)cc1. The van der Waals surface area contributed by atoms with Crippen LogP contribution in [0.2, 0.25) is 0 Å². The standard InChI is InChI=1S/C18H22N2O4S.C14H16N2O3S.C4H8O/c1-21-14-7-5-13(6-8-14)12-23-17-10-16(24-20-17)18(25-2)19-11-15-4-3-9-22-15;1-15-14(20-3)12-8-13(16-19-12)18-9-10-4-6-11(17-2)7-5-10;1-2-4-5-3-1/h5-8,10,15H,3-4,9,11-12H2,1-2H3;4-8H,9H2,1-3H3;1-4H2. The maximum Gasteiger partial charge on any atom is 0.255 e. The first-order chi connectivity index (χ1) is 24.5. The number of benzene rings is 2. The van der Waals surface area contributed by atoms with E-state index in [2.05, 4.69) is 20.3 Å². The van der Waals surface area contributed by atoms with E-state index in [9.17, 15) is 0 Å². The van der Waals surface area contributed by atoms with Crippen LogP contribution in [0.1, 0.15) is 48.3 Å². The summed E-state index contributed by atoms with van der Waals surface area (Å²) in [5, 5.41) is 9.43. The lowest BCUT2D eigenvalue weighted by Gasteiger charge is -2.05. The molecule has 14 heteroatoms. The summed E-state index contributed by atoms with van der Waals surface area (Å²) < 4.78 is 42.6. The lowest BCUT2D eigenvalue weighted by molar-refractivity contribution is 0.118. The van der Waals surface area contributed by atoms with E-state index in [0.29, 0.717) is 43.0 Å². The summed E-state index contributed by atoms with van der Waals surface area (Å²) in [6.07, 6.45) is 8.85. The second kappa shape index (κ2) is 22.0. The van der Waals surface area contributed by atoms with E-state index in [1.54, 1.807) is 33.4 Å². The monoisotopic (exact) mass is 726 g/mol. The topological polar surface area (TPSA) is 132 Å². The maximum absolute atomic E-state index is 5.68. The first-order valence-electron chi connectivity index (χ1n) is 16.3. The number of hydrogen-bond acceptors (Lipinski definition) is 14. The second-order valence-corrected chi connectivity index (χ2v) is 12.5. The number of ether oxygens (including phenoxy) is 6. The quantitative estimate of drug-likeness (QED) is 0.107. The van der Waals surface area contributed by atoms with E-state index in [1.807, 2.05) is 61.0 Å². The first kappa shape index (κ1) is 38.8. The first-order valence-corrected chi connectivity index (χ1v) is 18.7. The zero-order valence-corrected chi connectivity index (χ0v) is 30.9. The summed E-state index contributed by atoms with van der Waals surface area (Å²) in [5.74, 6) is 3.77. The lowest BCUT2D eigenvalue weighted by Crippen LogP contribution is -2.10. The van der Waals surface area contributed by atoms with Crippen molar-refractivity contribution in [1.29, 1.82) is 0 Å². The molecule has 2 aliphatic heterocycles. The van der Waals surface area contributed by atoms with Gasteiger partial charge in [-0.3, -0.25) is 9.98 Å². The molecule has 2 aromatic heterocycles. The van der Waals surface area contributed by atoms with Crippen molar-refractivity contribution in [2.24, 2.45) is 9.98 Å². The highest BCUT2D eigenvalue weighted by Gasteiger charge is 2.17. The number of aliphatic imine (C=N–C) groups is 2. The molecule has 0 amide bonds. The Kier molecular flexibility index (Phi) is 17.1. The maximum atomic E-state index is 5.68. The molecule has 0 N–H and O–H groups in total. The molecular formula is C36H46N4O8S2. The summed E-state index contributed by atoms with van der Waals surface area (Å²) in [6.45, 7) is 4.32. The molecule has 0 bridgehead atoms.